The molecule has 0 bridgehead atoms. The molecule has 0 fully saturated rings. The number of imidazole rings is 1. The van der Waals surface area contributed by atoms with Crippen molar-refractivity contribution in [1.29, 1.82) is 0 Å². The molecular weight excluding hydrogens is 426 g/mol. The molecule has 1 N–H and O–H groups in total. The zero-order chi connectivity index (χ0) is 23.4. The number of aromatic nitrogens is 5. The van der Waals surface area contributed by atoms with E-state index in [0.29, 0.717) is 12.2 Å². The fourth-order valence-electron chi connectivity index (χ4n) is 3.27. The molecule has 0 aliphatic carbocycles. The largest absolute Gasteiger partial charge is 0.340 e. The Morgan fingerprint density at radius 3 is 2.39 bits per heavy atom. The summed E-state index contributed by atoms with van der Waals surface area (Å²) < 4.78 is 28.8. The summed E-state index contributed by atoms with van der Waals surface area (Å²) in [5.41, 5.74) is 3.45. The van der Waals surface area contributed by atoms with Crippen LogP contribution in [0.1, 0.15) is 29.6 Å². The van der Waals surface area contributed by atoms with Gasteiger partial charge in [-0.1, -0.05) is 24.3 Å². The molecule has 0 aliphatic rings. The summed E-state index contributed by atoms with van der Waals surface area (Å²) in [6.45, 7) is 0.788. The van der Waals surface area contributed by atoms with Crippen LogP contribution in [0.2, 0.25) is 0 Å². The molecule has 0 spiro atoms. The topological polar surface area (TPSA) is 85.6 Å². The smallest absolute Gasteiger partial charge is 0.272 e. The van der Waals surface area contributed by atoms with E-state index in [-0.39, 0.29) is 23.6 Å². The van der Waals surface area contributed by atoms with Crippen molar-refractivity contribution in [3.8, 4) is 11.1 Å². The maximum atomic E-state index is 13.5. The lowest BCUT2D eigenvalue weighted by molar-refractivity contribution is -0.115. The first-order valence-corrected chi connectivity index (χ1v) is 10.3. The number of amides is 1. The first-order chi connectivity index (χ1) is 15.8. The number of rotatable bonds is 7. The highest BCUT2D eigenvalue weighted by Gasteiger charge is 2.25. The number of alkyl halides is 2. The first-order valence-electron chi connectivity index (χ1n) is 10.3. The number of carbonyl (C=O) groups excluding carboxylic acids is 1. The van der Waals surface area contributed by atoms with Crippen molar-refractivity contribution >= 4 is 11.6 Å². The van der Waals surface area contributed by atoms with E-state index in [1.54, 1.807) is 18.7 Å². The highest BCUT2D eigenvalue weighted by molar-refractivity contribution is 5.92. The Labute approximate surface area is 189 Å². The molecular formula is C24H22F2N6O. The van der Waals surface area contributed by atoms with Crippen LogP contribution in [-0.4, -0.2) is 30.4 Å². The predicted octanol–water partition coefficient (Wildman–Crippen LogP) is 4.16. The van der Waals surface area contributed by atoms with Gasteiger partial charge in [0, 0.05) is 49.9 Å². The highest BCUT2D eigenvalue weighted by atomic mass is 19.3. The maximum absolute atomic E-state index is 13.5. The van der Waals surface area contributed by atoms with E-state index < -0.39 is 5.92 Å². The van der Waals surface area contributed by atoms with Gasteiger partial charge in [0.05, 0.1) is 36.7 Å². The number of anilines is 1. The minimum Gasteiger partial charge on any atom is -0.340 e. The van der Waals surface area contributed by atoms with E-state index in [2.05, 4.69) is 25.3 Å². The van der Waals surface area contributed by atoms with Crippen LogP contribution in [0, 0.1) is 0 Å². The average molecular weight is 448 g/mol. The molecule has 3 heterocycles. The maximum Gasteiger partial charge on any atom is 0.272 e. The summed E-state index contributed by atoms with van der Waals surface area (Å²) in [6, 6.07) is 8.68. The Kier molecular flexibility index (Phi) is 6.21. The number of hydrogen-bond donors (Lipinski definition) is 1. The molecule has 7 nitrogen and oxygen atoms in total. The molecule has 0 radical (unpaired) electrons. The van der Waals surface area contributed by atoms with Crippen LogP contribution in [-0.2, 0) is 30.6 Å². The molecule has 168 valence electrons. The number of benzene rings is 1. The molecule has 3 aromatic heterocycles. The monoisotopic (exact) mass is 448 g/mol. The Morgan fingerprint density at radius 1 is 1.03 bits per heavy atom. The van der Waals surface area contributed by atoms with Crippen LogP contribution < -0.4 is 5.32 Å². The van der Waals surface area contributed by atoms with E-state index in [9.17, 15) is 13.6 Å². The molecule has 0 saturated heterocycles. The molecule has 0 aliphatic heterocycles. The third-order valence-electron chi connectivity index (χ3n) is 4.98. The Hall–Kier alpha value is -4.01. The van der Waals surface area contributed by atoms with Gasteiger partial charge in [-0.2, -0.15) is 0 Å². The van der Waals surface area contributed by atoms with Gasteiger partial charge in [0.15, 0.2) is 0 Å². The van der Waals surface area contributed by atoms with Gasteiger partial charge in [0.1, 0.15) is 5.82 Å². The van der Waals surface area contributed by atoms with Crippen molar-refractivity contribution in [2.45, 2.75) is 25.7 Å². The molecule has 4 rings (SSSR count). The second-order valence-corrected chi connectivity index (χ2v) is 7.87. The number of halogens is 2. The fraction of sp³-hybridized carbons (Fsp3) is 0.208. The molecule has 0 atom stereocenters. The molecule has 9 heteroatoms. The highest BCUT2D eigenvalue weighted by Crippen LogP contribution is 2.27. The molecule has 0 saturated carbocycles. The first kappa shape index (κ1) is 22.2. The van der Waals surface area contributed by atoms with Crippen LogP contribution in [0.15, 0.2) is 67.6 Å². The van der Waals surface area contributed by atoms with Crippen molar-refractivity contribution in [3.05, 3.63) is 90.3 Å². The summed E-state index contributed by atoms with van der Waals surface area (Å²) in [5.74, 6) is -2.65. The van der Waals surface area contributed by atoms with E-state index in [1.165, 1.54) is 12.3 Å². The van der Waals surface area contributed by atoms with Crippen molar-refractivity contribution in [3.63, 3.8) is 0 Å². The second-order valence-electron chi connectivity index (χ2n) is 7.87. The molecule has 0 unspecified atom stereocenters. The van der Waals surface area contributed by atoms with Crippen LogP contribution in [0.25, 0.3) is 11.1 Å². The Bertz CT molecular complexity index is 1250. The minimum atomic E-state index is -3.02. The van der Waals surface area contributed by atoms with Crippen molar-refractivity contribution in [1.82, 2.24) is 24.5 Å². The lowest BCUT2D eigenvalue weighted by atomic mass is 10.0. The van der Waals surface area contributed by atoms with Gasteiger partial charge >= 0.3 is 0 Å². The number of hydrogen-bond acceptors (Lipinski definition) is 5. The number of aryl methyl sites for hydroxylation is 1. The van der Waals surface area contributed by atoms with Gasteiger partial charge in [0.2, 0.25) is 5.91 Å². The Balaban J connectivity index is 1.36. The summed E-state index contributed by atoms with van der Waals surface area (Å²) in [6.07, 6.45) is 10.3. The van der Waals surface area contributed by atoms with Gasteiger partial charge in [-0.05, 0) is 17.2 Å². The van der Waals surface area contributed by atoms with Gasteiger partial charge in [-0.25, -0.2) is 23.7 Å². The number of pyridine rings is 1. The minimum absolute atomic E-state index is 0.104. The molecule has 4 aromatic rings. The normalized spacial score (nSPS) is 11.4. The van der Waals surface area contributed by atoms with Crippen LogP contribution in [0.5, 0.6) is 0 Å². The van der Waals surface area contributed by atoms with Crippen LogP contribution in [0.3, 0.4) is 0 Å². The van der Waals surface area contributed by atoms with E-state index in [1.807, 2.05) is 42.1 Å². The average Bonchev–Trinajstić information content (AvgIpc) is 3.19. The molecule has 1 aromatic carbocycles. The SMILES string of the molecule is Cn1cnc(Cc2ncc(-c3ccc(CC(=O)Nc4cncc(C(C)(F)F)c4)cc3)cn2)c1. The van der Waals surface area contributed by atoms with E-state index in [0.717, 1.165) is 35.5 Å². The van der Waals surface area contributed by atoms with Crippen LogP contribution >= 0.6 is 0 Å². The van der Waals surface area contributed by atoms with Gasteiger partial charge in [-0.15, -0.1) is 0 Å². The number of carbonyl (C=O) groups is 1. The van der Waals surface area contributed by atoms with Crippen molar-refractivity contribution in [2.75, 3.05) is 5.32 Å². The lowest BCUT2D eigenvalue weighted by Crippen LogP contribution is -2.15. The van der Waals surface area contributed by atoms with E-state index in [4.69, 9.17) is 0 Å². The standard InChI is InChI=1S/C24H22F2N6O/c1-24(25,26)19-8-20(13-27-12-19)31-23(33)7-16-3-5-17(6-4-16)18-10-28-22(29-11-18)9-21-14-32(2)15-30-21/h3-6,8,10-15H,7,9H2,1-2H3,(H,31,33). The third-order valence-corrected chi connectivity index (χ3v) is 4.98. The predicted molar refractivity (Wildman–Crippen MR) is 120 cm³/mol. The van der Waals surface area contributed by atoms with Crippen molar-refractivity contribution in [2.24, 2.45) is 7.05 Å². The van der Waals surface area contributed by atoms with Gasteiger partial charge in [0.25, 0.3) is 5.92 Å². The fourth-order valence-corrected chi connectivity index (χ4v) is 3.27. The number of nitrogens with one attached hydrogen (secondary N) is 1. The zero-order valence-corrected chi connectivity index (χ0v) is 18.2. The summed E-state index contributed by atoms with van der Waals surface area (Å²) in [5, 5.41) is 2.62. The second kappa shape index (κ2) is 9.23. The number of nitrogens with zero attached hydrogens (tertiary/aromatic N) is 5. The lowest BCUT2D eigenvalue weighted by Gasteiger charge is -2.12. The van der Waals surface area contributed by atoms with Crippen LogP contribution in [0.4, 0.5) is 14.5 Å². The zero-order valence-electron chi connectivity index (χ0n) is 18.2. The summed E-state index contributed by atoms with van der Waals surface area (Å²) in [4.78, 5) is 29.2. The third kappa shape index (κ3) is 5.82. The van der Waals surface area contributed by atoms with Crippen molar-refractivity contribution < 1.29 is 13.6 Å². The molecule has 1 amide bonds. The van der Waals surface area contributed by atoms with Gasteiger partial charge < -0.3 is 9.88 Å². The summed E-state index contributed by atoms with van der Waals surface area (Å²) >= 11 is 0. The van der Waals surface area contributed by atoms with Gasteiger partial charge in [-0.3, -0.25) is 9.78 Å². The van der Waals surface area contributed by atoms with E-state index >= 15 is 0 Å². The quantitative estimate of drug-likeness (QED) is 0.459. The molecule has 33 heavy (non-hydrogen) atoms. The Morgan fingerprint density at radius 2 is 1.76 bits per heavy atom. The summed E-state index contributed by atoms with van der Waals surface area (Å²) in [7, 11) is 1.91.